The number of ether oxygens (including phenoxy) is 1. The molecular formula is C30H46O2. The SMILES string of the molecule is CC1(C)C=CC[C@]2(C)[C@H]3CC[C@@H]4[C@H]5[C@H]6OC(=O)[C@@]5(CCC6(C)C)CC[C@@]4(C)[C@]3(C)CC[C@@H]12. The Balaban J connectivity index is 1.43. The van der Waals surface area contributed by atoms with Crippen LogP contribution in [0, 0.1) is 56.2 Å². The summed E-state index contributed by atoms with van der Waals surface area (Å²) < 4.78 is 6.29. The van der Waals surface area contributed by atoms with E-state index in [1.807, 2.05) is 0 Å². The number of esters is 1. The van der Waals surface area contributed by atoms with Crippen LogP contribution in [-0.4, -0.2) is 12.1 Å². The summed E-state index contributed by atoms with van der Waals surface area (Å²) in [5.41, 5.74) is 1.38. The van der Waals surface area contributed by atoms with E-state index in [1.54, 1.807) is 0 Å². The van der Waals surface area contributed by atoms with Gasteiger partial charge in [-0.2, -0.15) is 0 Å². The summed E-state index contributed by atoms with van der Waals surface area (Å²) in [5, 5.41) is 0. The molecule has 1 saturated heterocycles. The van der Waals surface area contributed by atoms with E-state index in [2.05, 4.69) is 60.6 Å². The summed E-state index contributed by atoms with van der Waals surface area (Å²) in [4.78, 5) is 13.3. The van der Waals surface area contributed by atoms with E-state index in [1.165, 1.54) is 38.5 Å². The van der Waals surface area contributed by atoms with E-state index in [4.69, 9.17) is 4.74 Å². The lowest BCUT2D eigenvalue weighted by atomic mass is 9.32. The molecule has 0 unspecified atom stereocenters. The molecule has 6 aliphatic rings. The maximum absolute atomic E-state index is 13.3. The first-order valence-electron chi connectivity index (χ1n) is 13.7. The van der Waals surface area contributed by atoms with Gasteiger partial charge in [0.05, 0.1) is 5.41 Å². The number of carbonyl (C=O) groups excluding carboxylic acids is 1. The molecule has 0 amide bonds. The topological polar surface area (TPSA) is 26.3 Å². The van der Waals surface area contributed by atoms with Crippen molar-refractivity contribution < 1.29 is 9.53 Å². The molecule has 1 aliphatic heterocycles. The molecule has 2 heteroatoms. The Morgan fingerprint density at radius 2 is 1.53 bits per heavy atom. The summed E-state index contributed by atoms with van der Waals surface area (Å²) in [6.07, 6.45) is 16.3. The van der Waals surface area contributed by atoms with E-state index in [0.717, 1.165) is 31.1 Å². The molecule has 178 valence electrons. The standard InChI is InChI=1S/C30H46O2/c1-25(2)12-8-13-27(5)20(25)11-14-29(7)21(27)10-9-19-22-23-26(3,4)15-17-30(22,24(31)32-23)18-16-28(19,29)6/h8,12,19-23H,9-11,13-18H2,1-7H3/t19-,20+,21-,22+,23-,27+,28-,29-,30+/m1/s1. The lowest BCUT2D eigenvalue weighted by Gasteiger charge is -2.72. The van der Waals surface area contributed by atoms with Gasteiger partial charge >= 0.3 is 5.97 Å². The minimum atomic E-state index is -0.162. The number of hydrogen-bond donors (Lipinski definition) is 0. The van der Waals surface area contributed by atoms with Crippen LogP contribution in [0.1, 0.15) is 106 Å². The van der Waals surface area contributed by atoms with Gasteiger partial charge in [0, 0.05) is 11.3 Å². The van der Waals surface area contributed by atoms with Gasteiger partial charge < -0.3 is 4.74 Å². The molecule has 0 aromatic carbocycles. The maximum atomic E-state index is 13.3. The van der Waals surface area contributed by atoms with Gasteiger partial charge in [-0.25, -0.2) is 0 Å². The second kappa shape index (κ2) is 6.06. The van der Waals surface area contributed by atoms with Crippen LogP contribution < -0.4 is 0 Å². The molecule has 4 saturated carbocycles. The fourth-order valence-electron chi connectivity index (χ4n) is 11.4. The molecule has 32 heavy (non-hydrogen) atoms. The van der Waals surface area contributed by atoms with Gasteiger partial charge in [-0.1, -0.05) is 60.6 Å². The van der Waals surface area contributed by atoms with Crippen molar-refractivity contribution >= 4 is 5.97 Å². The average Bonchev–Trinajstić information content (AvgIpc) is 2.95. The Morgan fingerprint density at radius 3 is 2.28 bits per heavy atom. The number of hydrogen-bond acceptors (Lipinski definition) is 2. The third-order valence-corrected chi connectivity index (χ3v) is 13.3. The van der Waals surface area contributed by atoms with Crippen LogP contribution in [-0.2, 0) is 9.53 Å². The number of rotatable bonds is 0. The average molecular weight is 439 g/mol. The highest BCUT2D eigenvalue weighted by molar-refractivity contribution is 5.81. The fourth-order valence-corrected chi connectivity index (χ4v) is 11.4. The molecule has 1 heterocycles. The Hall–Kier alpha value is -0.790. The first kappa shape index (κ1) is 21.7. The minimum Gasteiger partial charge on any atom is -0.461 e. The number of carbonyl (C=O) groups is 1. The molecule has 0 radical (unpaired) electrons. The molecule has 0 N–H and O–H groups in total. The summed E-state index contributed by atoms with van der Waals surface area (Å²) in [6.45, 7) is 17.7. The largest absolute Gasteiger partial charge is 0.461 e. The van der Waals surface area contributed by atoms with Gasteiger partial charge in [-0.15, -0.1) is 0 Å². The molecule has 0 aromatic rings. The molecule has 5 aliphatic carbocycles. The zero-order valence-electron chi connectivity index (χ0n) is 21.7. The van der Waals surface area contributed by atoms with Gasteiger partial charge in [-0.3, -0.25) is 4.79 Å². The van der Waals surface area contributed by atoms with Gasteiger partial charge in [-0.05, 0) is 97.2 Å². The van der Waals surface area contributed by atoms with Crippen LogP contribution in [0.5, 0.6) is 0 Å². The van der Waals surface area contributed by atoms with Crippen LogP contribution in [0.2, 0.25) is 0 Å². The predicted octanol–water partition coefficient (Wildman–Crippen LogP) is 7.57. The van der Waals surface area contributed by atoms with E-state index < -0.39 is 0 Å². The molecular weight excluding hydrogens is 392 g/mol. The minimum absolute atomic E-state index is 0.123. The Kier molecular flexibility index (Phi) is 4.12. The fraction of sp³-hybridized carbons (Fsp3) is 0.900. The van der Waals surface area contributed by atoms with E-state index in [-0.39, 0.29) is 22.9 Å². The van der Waals surface area contributed by atoms with Gasteiger partial charge in [0.2, 0.25) is 0 Å². The van der Waals surface area contributed by atoms with Crippen LogP contribution in [0.4, 0.5) is 0 Å². The summed E-state index contributed by atoms with van der Waals surface area (Å²) in [7, 11) is 0. The highest BCUT2D eigenvalue weighted by atomic mass is 16.6. The lowest BCUT2D eigenvalue weighted by molar-refractivity contribution is -0.233. The zero-order valence-corrected chi connectivity index (χ0v) is 21.7. The second-order valence-electron chi connectivity index (χ2n) is 15.1. The van der Waals surface area contributed by atoms with Crippen LogP contribution in [0.3, 0.4) is 0 Å². The predicted molar refractivity (Wildman–Crippen MR) is 129 cm³/mol. The van der Waals surface area contributed by atoms with Crippen molar-refractivity contribution in [3.05, 3.63) is 12.2 Å². The monoisotopic (exact) mass is 438 g/mol. The Morgan fingerprint density at radius 1 is 0.812 bits per heavy atom. The van der Waals surface area contributed by atoms with Gasteiger partial charge in [0.25, 0.3) is 0 Å². The highest BCUT2D eigenvalue weighted by Gasteiger charge is 2.74. The first-order valence-corrected chi connectivity index (χ1v) is 13.7. The molecule has 6 rings (SSSR count). The zero-order chi connectivity index (χ0) is 22.9. The molecule has 0 spiro atoms. The molecule has 5 fully saturated rings. The smallest absolute Gasteiger partial charge is 0.312 e. The van der Waals surface area contributed by atoms with E-state index in [0.29, 0.717) is 33.5 Å². The van der Waals surface area contributed by atoms with Crippen molar-refractivity contribution in [2.24, 2.45) is 56.2 Å². The molecule has 2 bridgehead atoms. The van der Waals surface area contributed by atoms with Crippen LogP contribution in [0.15, 0.2) is 12.2 Å². The number of allylic oxidation sites excluding steroid dienone is 2. The molecule has 0 aromatic heterocycles. The molecule has 2 nitrogen and oxygen atoms in total. The maximum Gasteiger partial charge on any atom is 0.312 e. The lowest BCUT2D eigenvalue weighted by Crippen LogP contribution is -2.66. The second-order valence-corrected chi connectivity index (χ2v) is 15.1. The Bertz CT molecular complexity index is 883. The van der Waals surface area contributed by atoms with Gasteiger partial charge in [0.15, 0.2) is 0 Å². The van der Waals surface area contributed by atoms with Crippen LogP contribution >= 0.6 is 0 Å². The normalized spacial score (nSPS) is 57.0. The van der Waals surface area contributed by atoms with Crippen molar-refractivity contribution in [3.63, 3.8) is 0 Å². The van der Waals surface area contributed by atoms with E-state index >= 15 is 0 Å². The van der Waals surface area contributed by atoms with Crippen molar-refractivity contribution in [1.29, 1.82) is 0 Å². The summed E-state index contributed by atoms with van der Waals surface area (Å²) >= 11 is 0. The molecule has 9 atom stereocenters. The van der Waals surface area contributed by atoms with Crippen molar-refractivity contribution in [3.8, 4) is 0 Å². The van der Waals surface area contributed by atoms with E-state index in [9.17, 15) is 4.79 Å². The number of fused-ring (bicyclic) bond motifs is 5. The third-order valence-electron chi connectivity index (χ3n) is 13.3. The Labute approximate surface area is 196 Å². The summed E-state index contributed by atoms with van der Waals surface area (Å²) in [6, 6.07) is 0. The van der Waals surface area contributed by atoms with Gasteiger partial charge in [0.1, 0.15) is 6.10 Å². The third kappa shape index (κ3) is 2.27. The quantitative estimate of drug-likeness (QED) is 0.288. The highest BCUT2D eigenvalue weighted by Crippen LogP contribution is 2.77. The van der Waals surface area contributed by atoms with Crippen LogP contribution in [0.25, 0.3) is 0 Å². The van der Waals surface area contributed by atoms with Crippen molar-refractivity contribution in [2.45, 2.75) is 112 Å². The first-order chi connectivity index (χ1) is 14.8. The van der Waals surface area contributed by atoms with Crippen molar-refractivity contribution in [2.75, 3.05) is 0 Å². The summed E-state index contributed by atoms with van der Waals surface area (Å²) in [5.74, 6) is 2.84. The van der Waals surface area contributed by atoms with Crippen molar-refractivity contribution in [1.82, 2.24) is 0 Å².